The van der Waals surface area contributed by atoms with Crippen LogP contribution in [-0.2, 0) is 63.5 Å². The fraction of sp³-hybridized carbons (Fsp3) is 0.680. The quantitative estimate of drug-likeness (QED) is 0.0908. The standard InChI is InChI=1S/C50H74N2O17/c1-12-38-35(26-64-50-48(63-11)47(62-10)44(58)32(7)66-50)22-27(2)16-21-37(54)28(3)23-34(15-13-14-29(4)53)46(69-49-45(59)42(51(8)9)43(57)31(6)65-49)30(5)39(25-41(56)67-38)68-40(55)24-33-17-19-36(20-18-33)52(60)61/h13-14,16-22,28,30-32,34-35,38-39,42-50,57-59H,12,15,23-26H2,1-11H3/b14-13+,21-16+,27-22+/t28-,30+,31+,32-,34+,35-,38-,39-,42-,43+,44-,45+,46-,47-,48-,49-,50-/m1/s1. The highest BCUT2D eigenvalue weighted by molar-refractivity contribution is 5.91. The summed E-state index contributed by atoms with van der Waals surface area (Å²) in [5, 5.41) is 44.9. The van der Waals surface area contributed by atoms with Gasteiger partial charge in [-0.25, -0.2) is 0 Å². The van der Waals surface area contributed by atoms with Gasteiger partial charge in [-0.2, -0.15) is 0 Å². The van der Waals surface area contributed by atoms with Gasteiger partial charge in [0.2, 0.25) is 0 Å². The lowest BCUT2D eigenvalue weighted by Crippen LogP contribution is -2.63. The average Bonchev–Trinajstić information content (AvgIpc) is 3.29. The topological polar surface area (TPSA) is 249 Å². The number of likely N-dealkylation sites (N-methyl/N-ethyl adjacent to an activating group) is 1. The van der Waals surface area contributed by atoms with E-state index in [0.29, 0.717) is 17.6 Å². The number of allylic oxidation sites excluding steroid dienone is 5. The second-order valence-corrected chi connectivity index (χ2v) is 18.8. The first kappa shape index (κ1) is 57.3. The van der Waals surface area contributed by atoms with E-state index in [9.17, 15) is 44.6 Å². The van der Waals surface area contributed by atoms with Crippen LogP contribution in [0.5, 0.6) is 0 Å². The van der Waals surface area contributed by atoms with E-state index in [1.165, 1.54) is 57.6 Å². The number of nitro benzene ring substituents is 1. The molecule has 19 heteroatoms. The van der Waals surface area contributed by atoms with Gasteiger partial charge in [0.25, 0.3) is 5.69 Å². The van der Waals surface area contributed by atoms with Crippen molar-refractivity contribution in [2.75, 3.05) is 34.9 Å². The molecule has 3 N–H and O–H groups in total. The third-order valence-corrected chi connectivity index (χ3v) is 13.3. The van der Waals surface area contributed by atoms with Crippen molar-refractivity contribution >= 4 is 29.2 Å². The molecule has 3 aliphatic rings. The van der Waals surface area contributed by atoms with Crippen LogP contribution in [0.4, 0.5) is 5.69 Å². The Hall–Kier alpha value is -4.28. The molecule has 3 aliphatic heterocycles. The van der Waals surface area contributed by atoms with Gasteiger partial charge in [0.1, 0.15) is 36.6 Å². The van der Waals surface area contributed by atoms with Crippen LogP contribution in [-0.4, -0.2) is 163 Å². The second kappa shape index (κ2) is 26.8. The van der Waals surface area contributed by atoms with E-state index in [4.69, 9.17) is 37.9 Å². The fourth-order valence-corrected chi connectivity index (χ4v) is 9.29. The van der Waals surface area contributed by atoms with Crippen molar-refractivity contribution in [3.8, 4) is 0 Å². The Morgan fingerprint density at radius 3 is 2.14 bits per heavy atom. The molecule has 3 heterocycles. The van der Waals surface area contributed by atoms with Crippen molar-refractivity contribution in [1.29, 1.82) is 0 Å². The van der Waals surface area contributed by atoms with Crippen LogP contribution >= 0.6 is 0 Å². The van der Waals surface area contributed by atoms with Gasteiger partial charge in [-0.3, -0.25) is 29.3 Å². The first-order chi connectivity index (χ1) is 32.6. The van der Waals surface area contributed by atoms with Crippen LogP contribution in [0.1, 0.15) is 79.7 Å². The molecule has 0 saturated carbocycles. The number of esters is 2. The largest absolute Gasteiger partial charge is 0.462 e. The Morgan fingerprint density at radius 1 is 0.913 bits per heavy atom. The molecule has 1 aromatic carbocycles. The second-order valence-electron chi connectivity index (χ2n) is 18.8. The van der Waals surface area contributed by atoms with Crippen LogP contribution in [0.15, 0.2) is 60.2 Å². The van der Waals surface area contributed by atoms with Gasteiger partial charge in [0.05, 0.1) is 54.8 Å². The highest BCUT2D eigenvalue weighted by Crippen LogP contribution is 2.36. The average molecular weight is 975 g/mol. The van der Waals surface area contributed by atoms with Gasteiger partial charge in [-0.1, -0.05) is 56.7 Å². The van der Waals surface area contributed by atoms with Gasteiger partial charge < -0.3 is 58.1 Å². The van der Waals surface area contributed by atoms with Crippen LogP contribution < -0.4 is 0 Å². The summed E-state index contributed by atoms with van der Waals surface area (Å²) in [6.07, 6.45) is -4.20. The van der Waals surface area contributed by atoms with Gasteiger partial charge in [-0.15, -0.1) is 0 Å². The highest BCUT2D eigenvalue weighted by atomic mass is 16.7. The predicted molar refractivity (Wildman–Crippen MR) is 250 cm³/mol. The number of aliphatic hydroxyl groups excluding tert-OH is 3. The molecule has 0 aliphatic carbocycles. The molecule has 0 radical (unpaired) electrons. The molecule has 0 spiro atoms. The van der Waals surface area contributed by atoms with E-state index in [1.54, 1.807) is 65.8 Å². The molecule has 69 heavy (non-hydrogen) atoms. The molecule has 19 nitrogen and oxygen atoms in total. The number of nitro groups is 1. The summed E-state index contributed by atoms with van der Waals surface area (Å²) < 4.78 is 48.9. The molecule has 2 fully saturated rings. The number of rotatable bonds is 16. The first-order valence-electron chi connectivity index (χ1n) is 23.6. The minimum atomic E-state index is -1.40. The normalized spacial score (nSPS) is 36.6. The van der Waals surface area contributed by atoms with Crippen molar-refractivity contribution < 1.29 is 77.3 Å². The van der Waals surface area contributed by atoms with Crippen molar-refractivity contribution in [3.63, 3.8) is 0 Å². The molecule has 0 bridgehead atoms. The van der Waals surface area contributed by atoms with E-state index in [0.717, 1.165) is 0 Å². The molecule has 0 aromatic heterocycles. The molecule has 2 saturated heterocycles. The molecule has 0 unspecified atom stereocenters. The molecular weight excluding hydrogens is 901 g/mol. The van der Waals surface area contributed by atoms with Crippen molar-refractivity contribution in [2.24, 2.45) is 23.7 Å². The van der Waals surface area contributed by atoms with Crippen LogP contribution in [0.3, 0.4) is 0 Å². The summed E-state index contributed by atoms with van der Waals surface area (Å²) in [5.41, 5.74) is 0.891. The van der Waals surface area contributed by atoms with E-state index >= 15 is 0 Å². The lowest BCUT2D eigenvalue weighted by Gasteiger charge is -2.46. The SMILES string of the molecule is CC[C@H]1OC(=O)C[C@@H](OC(=O)Cc2ccc([N+](=O)[O-])cc2)[C@H](C)[C@@H](O[C@H]2O[C@@H](C)[C@H](O)[C@@H](N(C)C)[C@@H]2O)[C@@H](C/C=C/C(C)=O)C[C@@H](C)C(=O)/C=C/C(C)=C/[C@@H]1CO[C@@H]1O[C@H](C)[C@@H](O)[C@@H](OC)[C@H]1OC. The molecule has 4 rings (SSSR count). The summed E-state index contributed by atoms with van der Waals surface area (Å²) in [4.78, 5) is 67.0. The Bertz CT molecular complexity index is 1960. The number of ether oxygens (including phenoxy) is 8. The lowest BCUT2D eigenvalue weighted by molar-refractivity contribution is -0.384. The summed E-state index contributed by atoms with van der Waals surface area (Å²) in [5.74, 6) is -4.76. The number of nitrogens with zero attached hydrogens (tertiary/aromatic N) is 2. The van der Waals surface area contributed by atoms with Crippen LogP contribution in [0.25, 0.3) is 0 Å². The van der Waals surface area contributed by atoms with E-state index < -0.39 is 127 Å². The van der Waals surface area contributed by atoms with Crippen molar-refractivity contribution in [3.05, 3.63) is 75.9 Å². The van der Waals surface area contributed by atoms with Crippen molar-refractivity contribution in [1.82, 2.24) is 4.90 Å². The van der Waals surface area contributed by atoms with Crippen molar-refractivity contribution in [2.45, 2.75) is 160 Å². The molecule has 1 aromatic rings. The van der Waals surface area contributed by atoms with E-state index in [-0.39, 0.29) is 43.1 Å². The summed E-state index contributed by atoms with van der Waals surface area (Å²) in [6.45, 7) is 11.7. The zero-order valence-corrected chi connectivity index (χ0v) is 41.7. The Kier molecular flexibility index (Phi) is 22.3. The number of ketones is 2. The Labute approximate surface area is 405 Å². The minimum absolute atomic E-state index is 0.0642. The summed E-state index contributed by atoms with van der Waals surface area (Å²) >= 11 is 0. The van der Waals surface area contributed by atoms with Gasteiger partial charge >= 0.3 is 11.9 Å². The third kappa shape index (κ3) is 15.9. The number of hydrogen-bond donors (Lipinski definition) is 3. The first-order valence-corrected chi connectivity index (χ1v) is 23.6. The number of cyclic esters (lactones) is 1. The number of methoxy groups -OCH3 is 2. The van der Waals surface area contributed by atoms with Gasteiger partial charge in [0, 0.05) is 44.1 Å². The minimum Gasteiger partial charge on any atom is -0.462 e. The molecule has 0 amide bonds. The van der Waals surface area contributed by atoms with E-state index in [2.05, 4.69) is 0 Å². The molecule has 386 valence electrons. The zero-order chi connectivity index (χ0) is 51.3. The fourth-order valence-electron chi connectivity index (χ4n) is 9.29. The van der Waals surface area contributed by atoms with Crippen LogP contribution in [0, 0.1) is 33.8 Å². The highest BCUT2D eigenvalue weighted by Gasteiger charge is 2.48. The number of carbonyl (C=O) groups is 4. The smallest absolute Gasteiger partial charge is 0.310 e. The lowest BCUT2D eigenvalue weighted by atomic mass is 9.79. The number of carbonyl (C=O) groups excluding carboxylic acids is 4. The summed E-state index contributed by atoms with van der Waals surface area (Å²) in [6, 6.07) is 4.56. The Morgan fingerprint density at radius 2 is 1.55 bits per heavy atom. The number of hydrogen-bond acceptors (Lipinski definition) is 18. The van der Waals surface area contributed by atoms with E-state index in [1.807, 2.05) is 13.0 Å². The summed E-state index contributed by atoms with van der Waals surface area (Å²) in [7, 11) is 6.29. The maximum Gasteiger partial charge on any atom is 0.310 e. The predicted octanol–water partition coefficient (Wildman–Crippen LogP) is 4.21. The number of aliphatic hydroxyl groups is 3. The molecule has 17 atom stereocenters. The van der Waals surface area contributed by atoms with Gasteiger partial charge in [-0.05, 0) is 84.7 Å². The van der Waals surface area contributed by atoms with Crippen LogP contribution in [0.2, 0.25) is 0 Å². The third-order valence-electron chi connectivity index (χ3n) is 13.3. The Balaban J connectivity index is 1.82. The number of non-ortho nitro benzene ring substituents is 1. The maximum absolute atomic E-state index is 14.4. The number of benzene rings is 1. The zero-order valence-electron chi connectivity index (χ0n) is 41.7. The van der Waals surface area contributed by atoms with Gasteiger partial charge in [0.15, 0.2) is 24.1 Å². The monoisotopic (exact) mass is 974 g/mol. The maximum atomic E-state index is 14.4. The molecular formula is C50H74N2O17.